The van der Waals surface area contributed by atoms with E-state index in [0.717, 1.165) is 12.0 Å². The smallest absolute Gasteiger partial charge is 0.200 e. The molecule has 0 saturated heterocycles. The van der Waals surface area contributed by atoms with Crippen molar-refractivity contribution in [3.05, 3.63) is 11.6 Å². The maximum Gasteiger partial charge on any atom is 0.200 e. The summed E-state index contributed by atoms with van der Waals surface area (Å²) >= 11 is 0. The Labute approximate surface area is 115 Å². The van der Waals surface area contributed by atoms with E-state index in [9.17, 15) is 5.11 Å². The van der Waals surface area contributed by atoms with Crippen molar-refractivity contribution in [2.45, 2.75) is 71.5 Å². The van der Waals surface area contributed by atoms with Crippen LogP contribution in [0.4, 0.5) is 0 Å². The third-order valence-corrected chi connectivity index (χ3v) is 9.97. The summed E-state index contributed by atoms with van der Waals surface area (Å²) in [6.45, 7) is 16.5. The van der Waals surface area contributed by atoms with Crippen molar-refractivity contribution in [1.82, 2.24) is 0 Å². The highest BCUT2D eigenvalue weighted by Crippen LogP contribution is 2.42. The van der Waals surface area contributed by atoms with E-state index in [1.165, 1.54) is 0 Å². The molecule has 0 heterocycles. The molecular formula is C15H32O2Si. The summed E-state index contributed by atoms with van der Waals surface area (Å²) in [6.07, 6.45) is 3.04. The number of rotatable bonds is 8. The van der Waals surface area contributed by atoms with Gasteiger partial charge >= 0.3 is 0 Å². The Morgan fingerprint density at radius 1 is 1.06 bits per heavy atom. The van der Waals surface area contributed by atoms with Gasteiger partial charge < -0.3 is 9.53 Å². The van der Waals surface area contributed by atoms with Gasteiger partial charge in [0, 0.05) is 0 Å². The number of aliphatic hydroxyl groups is 1. The average molecular weight is 273 g/mol. The largest absolute Gasteiger partial charge is 0.412 e. The zero-order valence-electron chi connectivity index (χ0n) is 13.3. The van der Waals surface area contributed by atoms with Crippen molar-refractivity contribution in [3.8, 4) is 0 Å². The Balaban J connectivity index is 4.96. The van der Waals surface area contributed by atoms with E-state index in [1.807, 2.05) is 0 Å². The summed E-state index contributed by atoms with van der Waals surface area (Å²) in [5.74, 6) is 0. The van der Waals surface area contributed by atoms with Crippen LogP contribution in [0.3, 0.4) is 0 Å². The van der Waals surface area contributed by atoms with Gasteiger partial charge in [0.15, 0.2) is 0 Å². The second kappa shape index (κ2) is 8.13. The fourth-order valence-electron chi connectivity index (χ4n) is 3.18. The van der Waals surface area contributed by atoms with Crippen LogP contribution in [0.5, 0.6) is 0 Å². The van der Waals surface area contributed by atoms with Gasteiger partial charge in [-0.2, -0.15) is 0 Å². The minimum atomic E-state index is -1.79. The molecule has 0 aromatic rings. The Bertz CT molecular complexity index is 235. The first kappa shape index (κ1) is 17.9. The van der Waals surface area contributed by atoms with Crippen LogP contribution in [0, 0.1) is 0 Å². The second-order valence-corrected chi connectivity index (χ2v) is 11.5. The first-order valence-corrected chi connectivity index (χ1v) is 9.39. The first-order chi connectivity index (χ1) is 8.32. The molecule has 0 aromatic heterocycles. The maximum absolute atomic E-state index is 9.34. The number of hydrogen-bond donors (Lipinski definition) is 1. The van der Waals surface area contributed by atoms with Gasteiger partial charge in [0.1, 0.15) is 0 Å². The van der Waals surface area contributed by atoms with Crippen LogP contribution in [0.25, 0.3) is 0 Å². The van der Waals surface area contributed by atoms with Crippen LogP contribution in [0.1, 0.15) is 54.9 Å². The Morgan fingerprint density at radius 3 is 1.78 bits per heavy atom. The lowest BCUT2D eigenvalue weighted by Gasteiger charge is -2.42. The van der Waals surface area contributed by atoms with Crippen molar-refractivity contribution >= 4 is 8.32 Å². The van der Waals surface area contributed by atoms with Gasteiger partial charge in [-0.05, 0) is 28.6 Å². The molecule has 108 valence electrons. The summed E-state index contributed by atoms with van der Waals surface area (Å²) in [5, 5.41) is 9.34. The molecule has 0 fully saturated rings. The molecule has 0 aromatic carbocycles. The van der Waals surface area contributed by atoms with Gasteiger partial charge in [-0.1, -0.05) is 54.5 Å². The third kappa shape index (κ3) is 4.21. The van der Waals surface area contributed by atoms with Crippen LogP contribution in [0.2, 0.25) is 16.6 Å². The highest BCUT2D eigenvalue weighted by Gasteiger charge is 2.44. The van der Waals surface area contributed by atoms with Crippen LogP contribution >= 0.6 is 0 Å². The lowest BCUT2D eigenvalue weighted by Crippen LogP contribution is -2.48. The van der Waals surface area contributed by atoms with Crippen molar-refractivity contribution < 1.29 is 9.53 Å². The molecule has 0 radical (unpaired) electrons. The molecule has 0 aliphatic carbocycles. The van der Waals surface area contributed by atoms with Crippen molar-refractivity contribution in [2.75, 3.05) is 13.2 Å². The monoisotopic (exact) mass is 272 g/mol. The Hall–Kier alpha value is -0.123. The molecule has 3 heteroatoms. The molecule has 0 spiro atoms. The molecule has 0 atom stereocenters. The van der Waals surface area contributed by atoms with Crippen LogP contribution in [-0.2, 0) is 4.43 Å². The summed E-state index contributed by atoms with van der Waals surface area (Å²) in [4.78, 5) is 0. The van der Waals surface area contributed by atoms with Gasteiger partial charge in [-0.25, -0.2) is 0 Å². The predicted octanol–water partition coefficient (Wildman–Crippen LogP) is 4.51. The molecule has 0 aliphatic heterocycles. The fraction of sp³-hybridized carbons (Fsp3) is 0.867. The maximum atomic E-state index is 9.34. The lowest BCUT2D eigenvalue weighted by molar-refractivity contribution is 0.267. The van der Waals surface area contributed by atoms with Crippen molar-refractivity contribution in [3.63, 3.8) is 0 Å². The van der Waals surface area contributed by atoms with Crippen molar-refractivity contribution in [2.24, 2.45) is 0 Å². The van der Waals surface area contributed by atoms with E-state index in [2.05, 4.69) is 54.5 Å². The van der Waals surface area contributed by atoms with Gasteiger partial charge in [0.05, 0.1) is 13.2 Å². The molecule has 0 rings (SSSR count). The molecule has 1 N–H and O–H groups in total. The van der Waals surface area contributed by atoms with Gasteiger partial charge in [0.2, 0.25) is 8.32 Å². The van der Waals surface area contributed by atoms with Gasteiger partial charge in [-0.3, -0.25) is 0 Å². The van der Waals surface area contributed by atoms with Gasteiger partial charge in [-0.15, -0.1) is 0 Å². The minimum absolute atomic E-state index is 0.118. The molecule has 18 heavy (non-hydrogen) atoms. The molecule has 0 unspecified atom stereocenters. The predicted molar refractivity (Wildman–Crippen MR) is 82.5 cm³/mol. The van der Waals surface area contributed by atoms with Gasteiger partial charge in [0.25, 0.3) is 0 Å². The molecular weight excluding hydrogens is 240 g/mol. The highest BCUT2D eigenvalue weighted by molar-refractivity contribution is 6.77. The minimum Gasteiger partial charge on any atom is -0.412 e. The van der Waals surface area contributed by atoms with E-state index in [0.29, 0.717) is 23.2 Å². The zero-order chi connectivity index (χ0) is 14.3. The average Bonchev–Trinajstić information content (AvgIpc) is 2.26. The number of allylic oxidation sites excluding steroid dienone is 1. The summed E-state index contributed by atoms with van der Waals surface area (Å²) in [5.41, 5.74) is 2.81. The van der Waals surface area contributed by atoms with E-state index in [4.69, 9.17) is 4.43 Å². The highest BCUT2D eigenvalue weighted by atomic mass is 28.4. The molecule has 2 nitrogen and oxygen atoms in total. The molecule has 0 amide bonds. The molecule has 0 aliphatic rings. The topological polar surface area (TPSA) is 29.5 Å². The van der Waals surface area contributed by atoms with Crippen molar-refractivity contribution in [1.29, 1.82) is 0 Å². The standard InChI is InChI=1S/C15H32O2Si/c1-8-9-15(10-16)11-17-18(12(2)3,13(4)5)14(6)7/h9,12-14,16H,8,10-11H2,1-7H3/b15-9+. The van der Waals surface area contributed by atoms with E-state index in [1.54, 1.807) is 0 Å². The fourth-order valence-corrected chi connectivity index (χ4v) is 8.61. The third-order valence-electron chi connectivity index (χ3n) is 3.91. The Morgan fingerprint density at radius 2 is 1.50 bits per heavy atom. The van der Waals surface area contributed by atoms with Crippen LogP contribution < -0.4 is 0 Å². The first-order valence-electron chi connectivity index (χ1n) is 7.25. The summed E-state index contributed by atoms with van der Waals surface area (Å²) in [7, 11) is -1.79. The van der Waals surface area contributed by atoms with Crippen LogP contribution in [0.15, 0.2) is 11.6 Å². The SMILES string of the molecule is CC/C=C(\CO)CO[Si](C(C)C)(C(C)C)C(C)C. The van der Waals surface area contributed by atoms with E-state index in [-0.39, 0.29) is 6.61 Å². The van der Waals surface area contributed by atoms with Crippen LogP contribution in [-0.4, -0.2) is 26.6 Å². The van der Waals surface area contributed by atoms with E-state index < -0.39 is 8.32 Å². The second-order valence-electron chi connectivity index (χ2n) is 6.04. The Kier molecular flexibility index (Phi) is 8.07. The number of hydrogen-bond acceptors (Lipinski definition) is 2. The lowest BCUT2D eigenvalue weighted by atomic mass is 10.2. The molecule has 0 bridgehead atoms. The summed E-state index contributed by atoms with van der Waals surface area (Å²) < 4.78 is 6.43. The molecule has 0 saturated carbocycles. The quantitative estimate of drug-likeness (QED) is 0.520. The zero-order valence-corrected chi connectivity index (χ0v) is 14.3. The van der Waals surface area contributed by atoms with E-state index >= 15 is 0 Å². The number of aliphatic hydroxyl groups excluding tert-OH is 1. The normalized spacial score (nSPS) is 14.1. The summed E-state index contributed by atoms with van der Waals surface area (Å²) in [6, 6.07) is 0.